The number of aliphatic hydroxyl groups excluding tert-OH is 1. The van der Waals surface area contributed by atoms with Crippen molar-refractivity contribution in [3.05, 3.63) is 29.8 Å². The summed E-state index contributed by atoms with van der Waals surface area (Å²) in [5.74, 6) is 0.0956. The van der Waals surface area contributed by atoms with Crippen LogP contribution in [0.25, 0.3) is 0 Å². The van der Waals surface area contributed by atoms with Crippen molar-refractivity contribution >= 4 is 12.4 Å². The maximum absolute atomic E-state index is 12.1. The summed E-state index contributed by atoms with van der Waals surface area (Å²) in [6, 6.07) is 4.67. The Kier molecular flexibility index (Phi) is 8.06. The second-order valence-corrected chi connectivity index (χ2v) is 5.18. The topological polar surface area (TPSA) is 55.5 Å². The lowest BCUT2D eigenvalue weighted by Gasteiger charge is -2.20. The Morgan fingerprint density at radius 2 is 1.86 bits per heavy atom. The van der Waals surface area contributed by atoms with E-state index in [1.165, 1.54) is 18.2 Å². The molecule has 0 amide bonds. The van der Waals surface area contributed by atoms with Gasteiger partial charge in [0, 0.05) is 0 Å². The molecule has 0 heterocycles. The molecule has 0 fully saturated rings. The van der Waals surface area contributed by atoms with E-state index in [1.54, 1.807) is 6.07 Å². The van der Waals surface area contributed by atoms with Gasteiger partial charge in [-0.15, -0.1) is 25.6 Å². The minimum atomic E-state index is -4.74. The molecule has 0 aromatic heterocycles. The summed E-state index contributed by atoms with van der Waals surface area (Å²) in [5.41, 5.74) is 6.29. The van der Waals surface area contributed by atoms with Crippen LogP contribution in [-0.2, 0) is 0 Å². The summed E-state index contributed by atoms with van der Waals surface area (Å²) < 4.78 is 40.3. The van der Waals surface area contributed by atoms with E-state index in [-0.39, 0.29) is 18.2 Å². The number of aliphatic hydroxyl groups is 1. The third-order valence-corrected chi connectivity index (χ3v) is 2.93. The SMILES string of the molecule is CC(C)CC[C@@H](O)[C@@H](N)c1cccc(OC(F)(F)F)c1.Cl. The fourth-order valence-corrected chi connectivity index (χ4v) is 1.82. The summed E-state index contributed by atoms with van der Waals surface area (Å²) >= 11 is 0. The second kappa shape index (κ2) is 8.46. The predicted octanol–water partition coefficient (Wildman–Crippen LogP) is 3.80. The standard InChI is InChI=1S/C14H20F3NO2.ClH/c1-9(2)6-7-12(19)13(18)10-4-3-5-11(8-10)20-14(15,16)17;/h3-5,8-9,12-13,19H,6-7,18H2,1-2H3;1H/t12-,13+;/m1./s1. The van der Waals surface area contributed by atoms with Gasteiger partial charge in [-0.1, -0.05) is 26.0 Å². The highest BCUT2D eigenvalue weighted by molar-refractivity contribution is 5.85. The maximum atomic E-state index is 12.1. The Morgan fingerprint density at radius 3 is 2.38 bits per heavy atom. The molecule has 21 heavy (non-hydrogen) atoms. The van der Waals surface area contributed by atoms with Crippen LogP contribution >= 0.6 is 12.4 Å². The number of alkyl halides is 3. The summed E-state index contributed by atoms with van der Waals surface area (Å²) in [7, 11) is 0. The van der Waals surface area contributed by atoms with Crippen molar-refractivity contribution in [2.75, 3.05) is 0 Å². The number of hydrogen-bond donors (Lipinski definition) is 2. The van der Waals surface area contributed by atoms with Crippen molar-refractivity contribution in [2.45, 2.75) is 45.2 Å². The molecule has 7 heteroatoms. The minimum absolute atomic E-state index is 0. The normalized spacial score (nSPS) is 14.5. The van der Waals surface area contributed by atoms with E-state index >= 15 is 0 Å². The fourth-order valence-electron chi connectivity index (χ4n) is 1.82. The zero-order valence-corrected chi connectivity index (χ0v) is 12.7. The molecule has 0 aliphatic rings. The molecule has 0 saturated carbocycles. The van der Waals surface area contributed by atoms with E-state index in [1.807, 2.05) is 13.8 Å². The van der Waals surface area contributed by atoms with Gasteiger partial charge in [0.15, 0.2) is 0 Å². The van der Waals surface area contributed by atoms with Crippen LogP contribution < -0.4 is 10.5 Å². The smallest absolute Gasteiger partial charge is 0.406 e. The zero-order valence-electron chi connectivity index (χ0n) is 11.9. The monoisotopic (exact) mass is 327 g/mol. The molecule has 0 bridgehead atoms. The largest absolute Gasteiger partial charge is 0.573 e. The van der Waals surface area contributed by atoms with Gasteiger partial charge in [-0.3, -0.25) is 0 Å². The lowest BCUT2D eigenvalue weighted by molar-refractivity contribution is -0.274. The molecule has 0 aliphatic heterocycles. The first-order valence-corrected chi connectivity index (χ1v) is 6.48. The van der Waals surface area contributed by atoms with E-state index in [0.29, 0.717) is 17.9 Å². The van der Waals surface area contributed by atoms with Gasteiger partial charge in [-0.05, 0) is 36.5 Å². The molecule has 0 spiro atoms. The van der Waals surface area contributed by atoms with Crippen molar-refractivity contribution in [1.82, 2.24) is 0 Å². The molecule has 0 aliphatic carbocycles. The number of rotatable bonds is 6. The lowest BCUT2D eigenvalue weighted by Crippen LogP contribution is -2.26. The number of nitrogens with two attached hydrogens (primary N) is 1. The molecule has 1 aromatic rings. The highest BCUT2D eigenvalue weighted by Gasteiger charge is 2.31. The molecule has 3 N–H and O–H groups in total. The van der Waals surface area contributed by atoms with Crippen LogP contribution in [-0.4, -0.2) is 17.6 Å². The van der Waals surface area contributed by atoms with E-state index in [2.05, 4.69) is 4.74 Å². The Labute approximate surface area is 128 Å². The lowest BCUT2D eigenvalue weighted by atomic mass is 9.96. The fraction of sp³-hybridized carbons (Fsp3) is 0.571. The van der Waals surface area contributed by atoms with Gasteiger partial charge in [0.1, 0.15) is 5.75 Å². The Hall–Kier alpha value is -0.980. The molecular formula is C14H21ClF3NO2. The number of hydrogen-bond acceptors (Lipinski definition) is 3. The maximum Gasteiger partial charge on any atom is 0.573 e. The van der Waals surface area contributed by atoms with Crippen molar-refractivity contribution < 1.29 is 23.0 Å². The molecule has 3 nitrogen and oxygen atoms in total. The van der Waals surface area contributed by atoms with Crippen LogP contribution in [0.4, 0.5) is 13.2 Å². The quantitative estimate of drug-likeness (QED) is 0.835. The van der Waals surface area contributed by atoms with E-state index in [0.717, 1.165) is 6.42 Å². The van der Waals surface area contributed by atoms with Crippen molar-refractivity contribution in [2.24, 2.45) is 11.7 Å². The Bertz CT molecular complexity index is 427. The molecule has 1 rings (SSSR count). The summed E-state index contributed by atoms with van der Waals surface area (Å²) in [5, 5.41) is 9.96. The van der Waals surface area contributed by atoms with Crippen LogP contribution in [0.15, 0.2) is 24.3 Å². The minimum Gasteiger partial charge on any atom is -0.406 e. The molecule has 122 valence electrons. The summed E-state index contributed by atoms with van der Waals surface area (Å²) in [6.45, 7) is 4.05. The van der Waals surface area contributed by atoms with E-state index in [4.69, 9.17) is 5.73 Å². The van der Waals surface area contributed by atoms with E-state index < -0.39 is 18.5 Å². The molecule has 0 radical (unpaired) electrons. The second-order valence-electron chi connectivity index (χ2n) is 5.18. The average molecular weight is 328 g/mol. The van der Waals surface area contributed by atoms with Gasteiger partial charge >= 0.3 is 6.36 Å². The van der Waals surface area contributed by atoms with Crippen LogP contribution in [0.1, 0.15) is 38.3 Å². The Morgan fingerprint density at radius 1 is 1.24 bits per heavy atom. The van der Waals surface area contributed by atoms with Gasteiger partial charge in [0.05, 0.1) is 12.1 Å². The first kappa shape index (κ1) is 20.0. The van der Waals surface area contributed by atoms with Crippen molar-refractivity contribution in [3.63, 3.8) is 0 Å². The number of halogens is 4. The van der Waals surface area contributed by atoms with Gasteiger partial charge < -0.3 is 15.6 Å². The van der Waals surface area contributed by atoms with Crippen LogP contribution in [0.3, 0.4) is 0 Å². The number of benzene rings is 1. The molecule has 0 unspecified atom stereocenters. The predicted molar refractivity (Wildman–Crippen MR) is 77.4 cm³/mol. The van der Waals surface area contributed by atoms with Crippen LogP contribution in [0.5, 0.6) is 5.75 Å². The summed E-state index contributed by atoms with van der Waals surface area (Å²) in [4.78, 5) is 0. The van der Waals surface area contributed by atoms with Gasteiger partial charge in [-0.25, -0.2) is 0 Å². The Balaban J connectivity index is 0.00000400. The highest BCUT2D eigenvalue weighted by Crippen LogP contribution is 2.27. The third kappa shape index (κ3) is 7.55. The first-order valence-electron chi connectivity index (χ1n) is 6.48. The van der Waals surface area contributed by atoms with Crippen LogP contribution in [0, 0.1) is 5.92 Å². The van der Waals surface area contributed by atoms with Gasteiger partial charge in [0.2, 0.25) is 0 Å². The van der Waals surface area contributed by atoms with Crippen LogP contribution in [0.2, 0.25) is 0 Å². The molecule has 1 aromatic carbocycles. The highest BCUT2D eigenvalue weighted by atomic mass is 35.5. The molecule has 0 saturated heterocycles. The molecular weight excluding hydrogens is 307 g/mol. The third-order valence-electron chi connectivity index (χ3n) is 2.93. The summed E-state index contributed by atoms with van der Waals surface area (Å²) in [6.07, 6.45) is -4.23. The first-order chi connectivity index (χ1) is 9.19. The van der Waals surface area contributed by atoms with Crippen molar-refractivity contribution in [1.29, 1.82) is 0 Å². The zero-order chi connectivity index (χ0) is 15.3. The molecule has 2 atom stereocenters. The average Bonchev–Trinajstić information content (AvgIpc) is 2.33. The van der Waals surface area contributed by atoms with Gasteiger partial charge in [-0.2, -0.15) is 0 Å². The van der Waals surface area contributed by atoms with Gasteiger partial charge in [0.25, 0.3) is 0 Å². The van der Waals surface area contributed by atoms with E-state index in [9.17, 15) is 18.3 Å². The number of ether oxygens (including phenoxy) is 1. The van der Waals surface area contributed by atoms with Crippen molar-refractivity contribution in [3.8, 4) is 5.75 Å².